The first kappa shape index (κ1) is 13.9. The molecule has 0 radical (unpaired) electrons. The number of amides is 1. The van der Waals surface area contributed by atoms with Crippen LogP contribution in [0, 0.1) is 0 Å². The van der Waals surface area contributed by atoms with E-state index in [0.717, 1.165) is 11.3 Å². The fraction of sp³-hybridized carbons (Fsp3) is 0.429. The Morgan fingerprint density at radius 3 is 3.00 bits per heavy atom. The summed E-state index contributed by atoms with van der Waals surface area (Å²) in [7, 11) is 0. The molecule has 0 fully saturated rings. The summed E-state index contributed by atoms with van der Waals surface area (Å²) >= 11 is 1.70. The zero-order valence-electron chi connectivity index (χ0n) is 10.8. The molecule has 1 amide bonds. The second kappa shape index (κ2) is 6.61. The normalized spacial score (nSPS) is 16.8. The van der Waals surface area contributed by atoms with Crippen LogP contribution in [0.2, 0.25) is 0 Å². The fourth-order valence-corrected chi connectivity index (χ4v) is 3.25. The zero-order chi connectivity index (χ0) is 13.7. The minimum Gasteiger partial charge on any atom is -0.466 e. The summed E-state index contributed by atoms with van der Waals surface area (Å²) in [5.41, 5.74) is 1.08. The van der Waals surface area contributed by atoms with Gasteiger partial charge >= 0.3 is 5.97 Å². The number of hydrogen-bond acceptors (Lipinski definition) is 4. The minimum absolute atomic E-state index is 0.0123. The molecule has 1 N–H and O–H groups in total. The number of carbonyl (C=O) groups excluding carboxylic acids is 2. The van der Waals surface area contributed by atoms with Crippen molar-refractivity contribution in [2.75, 3.05) is 18.9 Å². The third-order valence-electron chi connectivity index (χ3n) is 2.95. The second-order valence-electron chi connectivity index (χ2n) is 4.25. The Bertz CT molecular complexity index is 476. The molecule has 0 bridgehead atoms. The van der Waals surface area contributed by atoms with Gasteiger partial charge in [0.2, 0.25) is 5.91 Å². The van der Waals surface area contributed by atoms with E-state index in [4.69, 9.17) is 4.74 Å². The molecule has 1 atom stereocenters. The highest BCUT2D eigenvalue weighted by Crippen LogP contribution is 2.39. The summed E-state index contributed by atoms with van der Waals surface area (Å²) in [4.78, 5) is 24.4. The van der Waals surface area contributed by atoms with Crippen molar-refractivity contribution in [2.45, 2.75) is 24.2 Å². The first-order valence-corrected chi connectivity index (χ1v) is 7.36. The van der Waals surface area contributed by atoms with Crippen LogP contribution in [0.4, 0.5) is 0 Å². The fourth-order valence-electron chi connectivity index (χ4n) is 2.02. The predicted octanol–water partition coefficient (Wildman–Crippen LogP) is 1.95. The lowest BCUT2D eigenvalue weighted by molar-refractivity contribution is -0.143. The smallest absolute Gasteiger partial charge is 0.307 e. The quantitative estimate of drug-likeness (QED) is 0.837. The summed E-state index contributed by atoms with van der Waals surface area (Å²) in [5.74, 6) is 0.374. The molecule has 0 aliphatic carbocycles. The number of benzene rings is 1. The second-order valence-corrected chi connectivity index (χ2v) is 5.31. The van der Waals surface area contributed by atoms with Crippen LogP contribution in [0.5, 0.6) is 0 Å². The number of nitrogens with one attached hydrogen (secondary N) is 1. The van der Waals surface area contributed by atoms with Crippen LogP contribution in [0.15, 0.2) is 29.2 Å². The number of thioether (sulfide) groups is 1. The van der Waals surface area contributed by atoms with Crippen LogP contribution in [-0.2, 0) is 14.3 Å². The van der Waals surface area contributed by atoms with E-state index in [0.29, 0.717) is 13.2 Å². The SMILES string of the molecule is CCOC(=O)CCNC(=O)C1CSc2ccccc21. The van der Waals surface area contributed by atoms with Gasteiger partial charge in [-0.3, -0.25) is 9.59 Å². The molecular formula is C14H17NO3S. The van der Waals surface area contributed by atoms with Crippen LogP contribution in [0.25, 0.3) is 0 Å². The molecule has 4 nitrogen and oxygen atoms in total. The van der Waals surface area contributed by atoms with E-state index in [1.165, 1.54) is 4.90 Å². The molecule has 0 spiro atoms. The van der Waals surface area contributed by atoms with Crippen molar-refractivity contribution >= 4 is 23.6 Å². The monoisotopic (exact) mass is 279 g/mol. The number of ether oxygens (including phenoxy) is 1. The van der Waals surface area contributed by atoms with Gasteiger partial charge in [0.15, 0.2) is 0 Å². The van der Waals surface area contributed by atoms with E-state index in [1.807, 2.05) is 24.3 Å². The number of esters is 1. The average molecular weight is 279 g/mol. The number of rotatable bonds is 5. The van der Waals surface area contributed by atoms with E-state index in [1.54, 1.807) is 18.7 Å². The zero-order valence-corrected chi connectivity index (χ0v) is 11.7. The van der Waals surface area contributed by atoms with Gasteiger partial charge in [0.25, 0.3) is 0 Å². The third-order valence-corrected chi connectivity index (χ3v) is 4.13. The molecule has 1 heterocycles. The Morgan fingerprint density at radius 2 is 2.21 bits per heavy atom. The lowest BCUT2D eigenvalue weighted by atomic mass is 10.0. The van der Waals surface area contributed by atoms with Crippen molar-refractivity contribution in [3.63, 3.8) is 0 Å². The van der Waals surface area contributed by atoms with Crippen LogP contribution >= 0.6 is 11.8 Å². The molecule has 0 saturated heterocycles. The summed E-state index contributed by atoms with van der Waals surface area (Å²) in [5, 5.41) is 2.80. The van der Waals surface area contributed by atoms with Crippen LogP contribution in [0.1, 0.15) is 24.8 Å². The van der Waals surface area contributed by atoms with Crippen molar-refractivity contribution in [3.05, 3.63) is 29.8 Å². The first-order chi connectivity index (χ1) is 9.22. The molecule has 0 aromatic heterocycles. The number of fused-ring (bicyclic) bond motifs is 1. The van der Waals surface area contributed by atoms with Gasteiger partial charge in [-0.25, -0.2) is 0 Å². The molecule has 1 aliphatic rings. The molecule has 19 heavy (non-hydrogen) atoms. The van der Waals surface area contributed by atoms with E-state index in [-0.39, 0.29) is 24.2 Å². The molecule has 1 aromatic carbocycles. The lowest BCUT2D eigenvalue weighted by Gasteiger charge is -2.11. The molecule has 1 aliphatic heterocycles. The van der Waals surface area contributed by atoms with Gasteiger partial charge in [-0.15, -0.1) is 11.8 Å². The van der Waals surface area contributed by atoms with E-state index in [9.17, 15) is 9.59 Å². The van der Waals surface area contributed by atoms with Crippen molar-refractivity contribution < 1.29 is 14.3 Å². The lowest BCUT2D eigenvalue weighted by Crippen LogP contribution is -2.31. The van der Waals surface area contributed by atoms with Gasteiger partial charge in [-0.1, -0.05) is 18.2 Å². The number of carbonyl (C=O) groups is 2. The van der Waals surface area contributed by atoms with Gasteiger partial charge in [-0.05, 0) is 18.6 Å². The molecule has 2 rings (SSSR count). The maximum absolute atomic E-state index is 12.1. The van der Waals surface area contributed by atoms with E-state index < -0.39 is 0 Å². The standard InChI is InChI=1S/C14H17NO3S/c1-2-18-13(16)7-8-15-14(17)11-9-19-12-6-4-3-5-10(11)12/h3-6,11H,2,7-9H2,1H3,(H,15,17). The van der Waals surface area contributed by atoms with E-state index in [2.05, 4.69) is 5.32 Å². The van der Waals surface area contributed by atoms with Gasteiger partial charge in [0.1, 0.15) is 0 Å². The third kappa shape index (κ3) is 3.50. The first-order valence-electron chi connectivity index (χ1n) is 6.37. The maximum Gasteiger partial charge on any atom is 0.307 e. The Hall–Kier alpha value is -1.49. The van der Waals surface area contributed by atoms with E-state index >= 15 is 0 Å². The Morgan fingerprint density at radius 1 is 1.42 bits per heavy atom. The Kier molecular flexibility index (Phi) is 4.85. The Balaban J connectivity index is 1.83. The van der Waals surface area contributed by atoms with Gasteiger partial charge < -0.3 is 10.1 Å². The summed E-state index contributed by atoms with van der Waals surface area (Å²) in [6.07, 6.45) is 0.223. The summed E-state index contributed by atoms with van der Waals surface area (Å²) in [6, 6.07) is 7.95. The Labute approximate surface area is 116 Å². The van der Waals surface area contributed by atoms with Gasteiger partial charge in [0, 0.05) is 17.2 Å². The van der Waals surface area contributed by atoms with Crippen molar-refractivity contribution in [2.24, 2.45) is 0 Å². The van der Waals surface area contributed by atoms with Crippen molar-refractivity contribution in [3.8, 4) is 0 Å². The highest BCUT2D eigenvalue weighted by Gasteiger charge is 2.28. The maximum atomic E-state index is 12.1. The predicted molar refractivity (Wildman–Crippen MR) is 74.2 cm³/mol. The van der Waals surface area contributed by atoms with Crippen molar-refractivity contribution in [1.29, 1.82) is 0 Å². The molecular weight excluding hydrogens is 262 g/mol. The molecule has 0 saturated carbocycles. The molecule has 1 aromatic rings. The average Bonchev–Trinajstić information content (AvgIpc) is 2.82. The molecule has 1 unspecified atom stereocenters. The summed E-state index contributed by atoms with van der Waals surface area (Å²) in [6.45, 7) is 2.48. The van der Waals surface area contributed by atoms with Crippen LogP contribution in [0.3, 0.4) is 0 Å². The minimum atomic E-state index is -0.274. The van der Waals surface area contributed by atoms with Crippen molar-refractivity contribution in [1.82, 2.24) is 5.32 Å². The van der Waals surface area contributed by atoms with Crippen LogP contribution in [-0.4, -0.2) is 30.8 Å². The molecule has 5 heteroatoms. The number of hydrogen-bond donors (Lipinski definition) is 1. The highest BCUT2D eigenvalue weighted by atomic mass is 32.2. The van der Waals surface area contributed by atoms with Gasteiger partial charge in [0.05, 0.1) is 18.9 Å². The topological polar surface area (TPSA) is 55.4 Å². The largest absolute Gasteiger partial charge is 0.466 e. The highest BCUT2D eigenvalue weighted by molar-refractivity contribution is 7.99. The van der Waals surface area contributed by atoms with Gasteiger partial charge in [-0.2, -0.15) is 0 Å². The summed E-state index contributed by atoms with van der Waals surface area (Å²) < 4.78 is 4.81. The molecule has 102 valence electrons. The van der Waals surface area contributed by atoms with Crippen LogP contribution < -0.4 is 5.32 Å².